The van der Waals surface area contributed by atoms with Gasteiger partial charge in [0.1, 0.15) is 11.4 Å². The molecule has 0 saturated heterocycles. The Balaban J connectivity index is 2.04. The van der Waals surface area contributed by atoms with Crippen LogP contribution in [0.25, 0.3) is 5.65 Å². The summed E-state index contributed by atoms with van der Waals surface area (Å²) in [4.78, 5) is 4.51. The van der Waals surface area contributed by atoms with Crippen molar-refractivity contribution in [3.8, 4) is 11.6 Å². The minimum Gasteiger partial charge on any atom is -0.437 e. The van der Waals surface area contributed by atoms with E-state index >= 15 is 0 Å². The molecule has 0 atom stereocenters. The van der Waals surface area contributed by atoms with E-state index in [0.717, 1.165) is 23.5 Å². The molecule has 0 aliphatic carbocycles. The van der Waals surface area contributed by atoms with E-state index in [0.29, 0.717) is 12.4 Å². The number of imidazole rings is 1. The molecule has 0 saturated carbocycles. The smallest absolute Gasteiger partial charge is 0.241 e. The van der Waals surface area contributed by atoms with Gasteiger partial charge in [-0.15, -0.1) is 0 Å². The molecular formula is C15H15N3O. The highest BCUT2D eigenvalue weighted by molar-refractivity contribution is 5.46. The fourth-order valence-corrected chi connectivity index (χ4v) is 2.07. The van der Waals surface area contributed by atoms with E-state index in [2.05, 4.69) is 4.98 Å². The van der Waals surface area contributed by atoms with Crippen molar-refractivity contribution in [1.29, 1.82) is 0 Å². The number of ether oxygens (including phenoxy) is 1. The molecule has 2 heterocycles. The number of aromatic nitrogens is 2. The Labute approximate surface area is 111 Å². The van der Waals surface area contributed by atoms with Crippen LogP contribution in [-0.2, 0) is 6.42 Å². The van der Waals surface area contributed by atoms with Crippen LogP contribution >= 0.6 is 0 Å². The van der Waals surface area contributed by atoms with Gasteiger partial charge in [0.25, 0.3) is 0 Å². The molecule has 4 heteroatoms. The van der Waals surface area contributed by atoms with Crippen LogP contribution in [0, 0.1) is 0 Å². The maximum atomic E-state index is 5.86. The second kappa shape index (κ2) is 5.12. The summed E-state index contributed by atoms with van der Waals surface area (Å²) in [5.74, 6) is 1.41. The first kappa shape index (κ1) is 11.7. The van der Waals surface area contributed by atoms with Crippen LogP contribution in [0.2, 0.25) is 0 Å². The number of fused-ring (bicyclic) bond motifs is 1. The number of para-hydroxylation sites is 1. The van der Waals surface area contributed by atoms with Gasteiger partial charge in [-0.2, -0.15) is 4.98 Å². The van der Waals surface area contributed by atoms with Crippen molar-refractivity contribution in [2.75, 3.05) is 6.54 Å². The molecule has 0 unspecified atom stereocenters. The van der Waals surface area contributed by atoms with E-state index in [-0.39, 0.29) is 0 Å². The van der Waals surface area contributed by atoms with Crippen molar-refractivity contribution in [1.82, 2.24) is 9.38 Å². The number of hydrogen-bond acceptors (Lipinski definition) is 3. The zero-order valence-corrected chi connectivity index (χ0v) is 10.5. The highest BCUT2D eigenvalue weighted by Gasteiger charge is 2.12. The zero-order chi connectivity index (χ0) is 13.1. The van der Waals surface area contributed by atoms with Gasteiger partial charge in [0.05, 0.1) is 5.69 Å². The lowest BCUT2D eigenvalue weighted by Gasteiger charge is -2.05. The van der Waals surface area contributed by atoms with Crippen LogP contribution in [0.4, 0.5) is 0 Å². The summed E-state index contributed by atoms with van der Waals surface area (Å²) in [6.07, 6.45) is 2.71. The van der Waals surface area contributed by atoms with Gasteiger partial charge < -0.3 is 14.9 Å². The van der Waals surface area contributed by atoms with Gasteiger partial charge in [0, 0.05) is 12.6 Å². The summed E-state index contributed by atoms with van der Waals surface area (Å²) in [6, 6.07) is 15.5. The molecule has 3 rings (SSSR count). The van der Waals surface area contributed by atoms with E-state index in [4.69, 9.17) is 10.5 Å². The molecule has 96 valence electrons. The van der Waals surface area contributed by atoms with Crippen molar-refractivity contribution in [2.45, 2.75) is 6.42 Å². The molecule has 1 aromatic carbocycles. The monoisotopic (exact) mass is 253 g/mol. The number of nitrogens with two attached hydrogens (primary N) is 1. The molecule has 0 aliphatic rings. The first-order valence-electron chi connectivity index (χ1n) is 6.27. The molecule has 2 aromatic heterocycles. The minimum atomic E-state index is 0.563. The normalized spacial score (nSPS) is 10.8. The molecule has 0 fully saturated rings. The maximum Gasteiger partial charge on any atom is 0.241 e. The third-order valence-electron chi connectivity index (χ3n) is 2.93. The van der Waals surface area contributed by atoms with Crippen LogP contribution in [0.3, 0.4) is 0 Å². The highest BCUT2D eigenvalue weighted by atomic mass is 16.5. The third kappa shape index (κ3) is 2.30. The van der Waals surface area contributed by atoms with Crippen LogP contribution in [0.15, 0.2) is 54.7 Å². The SMILES string of the molecule is NCCc1c(Oc2ccccc2)nc2ccccn12. The summed E-state index contributed by atoms with van der Waals surface area (Å²) >= 11 is 0. The van der Waals surface area contributed by atoms with Crippen LogP contribution in [0.1, 0.15) is 5.69 Å². The van der Waals surface area contributed by atoms with Crippen LogP contribution in [0.5, 0.6) is 11.6 Å². The van der Waals surface area contributed by atoms with Gasteiger partial charge in [-0.25, -0.2) is 0 Å². The lowest BCUT2D eigenvalue weighted by Crippen LogP contribution is -2.06. The summed E-state index contributed by atoms with van der Waals surface area (Å²) in [7, 11) is 0. The Morgan fingerprint density at radius 1 is 1.05 bits per heavy atom. The largest absolute Gasteiger partial charge is 0.437 e. The number of rotatable bonds is 4. The number of hydrogen-bond donors (Lipinski definition) is 1. The van der Waals surface area contributed by atoms with Gasteiger partial charge in [0.2, 0.25) is 5.88 Å². The van der Waals surface area contributed by atoms with Gasteiger partial charge >= 0.3 is 0 Å². The van der Waals surface area contributed by atoms with Crippen molar-refractivity contribution in [3.05, 3.63) is 60.4 Å². The average Bonchev–Trinajstić information content (AvgIpc) is 2.79. The van der Waals surface area contributed by atoms with Gasteiger partial charge in [-0.05, 0) is 30.8 Å². The molecule has 0 radical (unpaired) electrons. The highest BCUT2D eigenvalue weighted by Crippen LogP contribution is 2.25. The van der Waals surface area contributed by atoms with Crippen molar-refractivity contribution in [3.63, 3.8) is 0 Å². The third-order valence-corrected chi connectivity index (χ3v) is 2.93. The minimum absolute atomic E-state index is 0.563. The molecule has 3 aromatic rings. The summed E-state index contributed by atoms with van der Waals surface area (Å²) in [5.41, 5.74) is 7.55. The topological polar surface area (TPSA) is 52.5 Å². The van der Waals surface area contributed by atoms with Crippen LogP contribution < -0.4 is 10.5 Å². The quantitative estimate of drug-likeness (QED) is 0.777. The predicted molar refractivity (Wildman–Crippen MR) is 74.5 cm³/mol. The Morgan fingerprint density at radius 2 is 1.84 bits per heavy atom. The second-order valence-corrected chi connectivity index (χ2v) is 4.25. The maximum absolute atomic E-state index is 5.86. The summed E-state index contributed by atoms with van der Waals surface area (Å²) in [6.45, 7) is 0.563. The van der Waals surface area contributed by atoms with Gasteiger partial charge in [-0.1, -0.05) is 24.3 Å². The molecule has 0 aliphatic heterocycles. The van der Waals surface area contributed by atoms with E-state index in [9.17, 15) is 0 Å². The van der Waals surface area contributed by atoms with Gasteiger partial charge in [-0.3, -0.25) is 0 Å². The zero-order valence-electron chi connectivity index (χ0n) is 10.5. The van der Waals surface area contributed by atoms with Crippen molar-refractivity contribution < 1.29 is 4.74 Å². The molecule has 4 nitrogen and oxygen atoms in total. The molecule has 0 spiro atoms. The Hall–Kier alpha value is -2.33. The number of nitrogens with zero attached hydrogens (tertiary/aromatic N) is 2. The second-order valence-electron chi connectivity index (χ2n) is 4.25. The molecule has 2 N–H and O–H groups in total. The number of benzene rings is 1. The van der Waals surface area contributed by atoms with E-state index < -0.39 is 0 Å². The molecular weight excluding hydrogens is 238 g/mol. The summed E-state index contributed by atoms with van der Waals surface area (Å²) < 4.78 is 7.88. The van der Waals surface area contributed by atoms with Crippen molar-refractivity contribution in [2.24, 2.45) is 5.73 Å². The lowest BCUT2D eigenvalue weighted by molar-refractivity contribution is 0.459. The fraction of sp³-hybridized carbons (Fsp3) is 0.133. The van der Waals surface area contributed by atoms with Crippen LogP contribution in [-0.4, -0.2) is 15.9 Å². The van der Waals surface area contributed by atoms with Gasteiger partial charge in [0.15, 0.2) is 0 Å². The Bertz CT molecular complexity index is 676. The summed E-state index contributed by atoms with van der Waals surface area (Å²) in [5, 5.41) is 0. The predicted octanol–water partition coefficient (Wildman–Crippen LogP) is 2.63. The number of pyridine rings is 1. The van der Waals surface area contributed by atoms with E-state index in [1.807, 2.05) is 59.1 Å². The first-order chi connectivity index (χ1) is 9.38. The first-order valence-corrected chi connectivity index (χ1v) is 6.27. The fourth-order valence-electron chi connectivity index (χ4n) is 2.07. The molecule has 0 bridgehead atoms. The Morgan fingerprint density at radius 3 is 2.63 bits per heavy atom. The van der Waals surface area contributed by atoms with E-state index in [1.165, 1.54) is 0 Å². The Kier molecular flexibility index (Phi) is 3.16. The molecule has 0 amide bonds. The lowest BCUT2D eigenvalue weighted by atomic mass is 10.3. The average molecular weight is 253 g/mol. The van der Waals surface area contributed by atoms with Crippen molar-refractivity contribution >= 4 is 5.65 Å². The van der Waals surface area contributed by atoms with E-state index in [1.54, 1.807) is 0 Å². The molecule has 19 heavy (non-hydrogen) atoms. The standard InChI is InChI=1S/C15H15N3O/c16-10-9-13-15(19-12-6-2-1-3-7-12)17-14-8-4-5-11-18(13)14/h1-8,11H,9-10,16H2.